The lowest BCUT2D eigenvalue weighted by Crippen LogP contribution is -2.24. The van der Waals surface area contributed by atoms with Crippen molar-refractivity contribution in [1.82, 2.24) is 10.6 Å². The fourth-order valence-electron chi connectivity index (χ4n) is 9.21. The van der Waals surface area contributed by atoms with E-state index < -0.39 is 53.2 Å². The molecule has 8 amide bonds. The van der Waals surface area contributed by atoms with Crippen LogP contribution >= 0.6 is 0 Å². The first-order valence-electron chi connectivity index (χ1n) is 28.4. The Morgan fingerprint density at radius 1 is 0.242 bits per heavy atom. The van der Waals surface area contributed by atoms with Crippen LogP contribution < -0.4 is 65.5 Å². The summed E-state index contributed by atoms with van der Waals surface area (Å²) in [4.78, 5) is 120. The highest BCUT2D eigenvalue weighted by atomic mass is 16.4. The summed E-state index contributed by atoms with van der Waals surface area (Å²) in [6, 6.07) is 52.0. The number of nitrogens with one attached hydrogen (secondary N) is 8. The molecule has 17 N–H and O–H groups in total. The van der Waals surface area contributed by atoms with E-state index in [4.69, 9.17) is 22.9 Å². The van der Waals surface area contributed by atoms with Crippen LogP contribution in [-0.4, -0.2) is 58.3 Å². The Balaban J connectivity index is 0.812. The summed E-state index contributed by atoms with van der Waals surface area (Å²) >= 11 is 0. The summed E-state index contributed by atoms with van der Waals surface area (Å²) in [6.07, 6.45) is 0. The molecule has 0 unspecified atom stereocenters. The van der Waals surface area contributed by atoms with Gasteiger partial charge in [0, 0.05) is 118 Å². The zero-order valence-electron chi connectivity index (χ0n) is 48.7. The van der Waals surface area contributed by atoms with E-state index in [1.54, 1.807) is 121 Å². The second kappa shape index (κ2) is 29.6. The fourth-order valence-corrected chi connectivity index (χ4v) is 9.21. The van der Waals surface area contributed by atoms with E-state index >= 15 is 0 Å². The van der Waals surface area contributed by atoms with E-state index in [-0.39, 0.29) is 75.0 Å². The molecule has 0 bridgehead atoms. The molecule has 0 aliphatic rings. The van der Waals surface area contributed by atoms with Crippen LogP contribution in [0.5, 0.6) is 0 Å². The Morgan fingerprint density at radius 3 is 0.615 bits per heavy atom. The van der Waals surface area contributed by atoms with E-state index in [0.717, 1.165) is 22.3 Å². The average Bonchev–Trinajstić information content (AvgIpc) is 2.61. The minimum atomic E-state index is -1.33. The van der Waals surface area contributed by atoms with Crippen LogP contribution in [-0.2, 0) is 39.3 Å². The number of aromatic carboxylic acids is 1. The molecule has 0 saturated carbocycles. The standard InChI is InChI=1S/C69H62N12O10/c70-34-40-1-13-46(14-2-40)63(84)76-55-25-52(26-56(31-55)77-64(85)47-15-3-41(35-71)4-16-47)61(82)74-38-44-9-21-50(22-10-44)67(88)80-59-29-54(69(90)91)30-60(33-59)81-68(89)51-23-11-45(12-24-51)39-75-62(83)53-27-57(78-65(86)48-17-5-42(36-72)6-18-48)32-58(28-53)79-66(87)49-19-7-43(37-73)8-20-49/h1-33H,34-39,70-73H2,(H,74,82)(H,75,83)(H,76,84)(H,77,85)(H,78,86)(H,79,87)(H,80,88)(H,81,89)(H,90,91). The Hall–Kier alpha value is -12.0. The molecule has 91 heavy (non-hydrogen) atoms. The number of carboxylic acid groups (broad SMARTS) is 1. The van der Waals surface area contributed by atoms with Crippen molar-refractivity contribution in [3.63, 3.8) is 0 Å². The fraction of sp³-hybridized carbons (Fsp3) is 0.0870. The number of benzene rings is 9. The highest BCUT2D eigenvalue weighted by Gasteiger charge is 2.19. The van der Waals surface area contributed by atoms with Gasteiger partial charge in [-0.15, -0.1) is 0 Å². The summed E-state index contributed by atoms with van der Waals surface area (Å²) in [5.41, 5.74) is 30.2. The van der Waals surface area contributed by atoms with E-state index in [1.165, 1.54) is 78.9 Å². The van der Waals surface area contributed by atoms with E-state index in [9.17, 15) is 48.3 Å². The molecular weight excluding hydrogens is 1160 g/mol. The number of nitrogens with two attached hydrogens (primary N) is 4. The van der Waals surface area contributed by atoms with Crippen LogP contribution in [0.1, 0.15) is 127 Å². The first-order chi connectivity index (χ1) is 43.9. The molecule has 0 atom stereocenters. The molecule has 0 radical (unpaired) electrons. The zero-order chi connectivity index (χ0) is 64.6. The average molecular weight is 1220 g/mol. The van der Waals surface area contributed by atoms with Crippen LogP contribution in [0.2, 0.25) is 0 Å². The lowest BCUT2D eigenvalue weighted by atomic mass is 10.1. The van der Waals surface area contributed by atoms with Crippen LogP contribution in [0.4, 0.5) is 34.1 Å². The lowest BCUT2D eigenvalue weighted by molar-refractivity contribution is 0.0694. The summed E-state index contributed by atoms with van der Waals surface area (Å²) in [6.45, 7) is 1.20. The number of anilines is 6. The molecule has 0 spiro atoms. The molecule has 0 saturated heterocycles. The highest BCUT2D eigenvalue weighted by Crippen LogP contribution is 2.26. The van der Waals surface area contributed by atoms with Gasteiger partial charge in [0.15, 0.2) is 0 Å². The molecule has 0 fully saturated rings. The third kappa shape index (κ3) is 17.2. The van der Waals surface area contributed by atoms with Crippen molar-refractivity contribution < 1.29 is 48.3 Å². The van der Waals surface area contributed by atoms with Crippen molar-refractivity contribution in [1.29, 1.82) is 0 Å². The van der Waals surface area contributed by atoms with Crippen molar-refractivity contribution in [2.45, 2.75) is 39.3 Å². The molecule has 0 aliphatic carbocycles. The van der Waals surface area contributed by atoms with Gasteiger partial charge in [-0.1, -0.05) is 72.8 Å². The molecule has 9 rings (SSSR count). The number of hydrogen-bond donors (Lipinski definition) is 13. The summed E-state index contributed by atoms with van der Waals surface area (Å²) in [5.74, 6) is -5.49. The molecule has 9 aromatic carbocycles. The quantitative estimate of drug-likeness (QED) is 0.0285. The molecule has 22 heteroatoms. The van der Waals surface area contributed by atoms with Crippen molar-refractivity contribution in [3.8, 4) is 0 Å². The van der Waals surface area contributed by atoms with E-state index in [2.05, 4.69) is 42.5 Å². The van der Waals surface area contributed by atoms with Gasteiger partial charge in [-0.2, -0.15) is 0 Å². The maximum atomic E-state index is 13.7. The van der Waals surface area contributed by atoms with Crippen molar-refractivity contribution in [2.75, 3.05) is 31.9 Å². The minimum absolute atomic E-state index is 0.00615. The Labute approximate surface area is 521 Å². The van der Waals surface area contributed by atoms with Gasteiger partial charge in [0.1, 0.15) is 0 Å². The molecule has 458 valence electrons. The van der Waals surface area contributed by atoms with Gasteiger partial charge in [0.05, 0.1) is 5.56 Å². The van der Waals surface area contributed by atoms with Crippen LogP contribution in [0, 0.1) is 0 Å². The third-order valence-electron chi connectivity index (χ3n) is 14.3. The topological polar surface area (TPSA) is 374 Å². The summed E-state index contributed by atoms with van der Waals surface area (Å²) < 4.78 is 0. The molecule has 0 heterocycles. The molecule has 9 aromatic rings. The number of hydrogen-bond acceptors (Lipinski definition) is 13. The van der Waals surface area contributed by atoms with Gasteiger partial charge >= 0.3 is 5.97 Å². The molecule has 22 nitrogen and oxygen atoms in total. The number of rotatable bonds is 23. The van der Waals surface area contributed by atoms with Gasteiger partial charge < -0.3 is 70.6 Å². The Morgan fingerprint density at radius 2 is 0.429 bits per heavy atom. The maximum Gasteiger partial charge on any atom is 0.335 e. The van der Waals surface area contributed by atoms with E-state index in [0.29, 0.717) is 59.6 Å². The maximum absolute atomic E-state index is 13.7. The molecule has 0 aliphatic heterocycles. The largest absolute Gasteiger partial charge is 0.478 e. The van der Waals surface area contributed by atoms with Crippen LogP contribution in [0.3, 0.4) is 0 Å². The first kappa shape index (κ1) is 63.5. The monoisotopic (exact) mass is 1220 g/mol. The summed E-state index contributed by atoms with van der Waals surface area (Å²) in [5, 5.41) is 32.2. The third-order valence-corrected chi connectivity index (χ3v) is 14.3. The minimum Gasteiger partial charge on any atom is -0.478 e. The number of amides is 8. The second-order valence-corrected chi connectivity index (χ2v) is 20.8. The Kier molecular flexibility index (Phi) is 20.7. The van der Waals surface area contributed by atoms with Gasteiger partial charge in [-0.3, -0.25) is 38.4 Å². The smallest absolute Gasteiger partial charge is 0.335 e. The van der Waals surface area contributed by atoms with Gasteiger partial charge in [-0.25, -0.2) is 4.79 Å². The van der Waals surface area contributed by atoms with Crippen LogP contribution in [0.15, 0.2) is 200 Å². The second-order valence-electron chi connectivity index (χ2n) is 20.8. The SMILES string of the molecule is NCc1ccc(C(=O)Nc2cc(NC(=O)c3ccc(CN)cc3)cc(C(=O)NCc3ccc(C(=O)Nc4cc(NC(=O)c5ccc(CNC(=O)c6cc(NC(=O)c7ccc(CN)cc7)cc(NC(=O)c7ccc(CN)cc7)c6)cc5)cc(C(=O)O)c4)cc3)c2)cc1. The lowest BCUT2D eigenvalue weighted by Gasteiger charge is -2.13. The normalized spacial score (nSPS) is 10.7. The number of carboxylic acids is 1. The number of carbonyl (C=O) groups is 9. The van der Waals surface area contributed by atoms with Crippen LogP contribution in [0.25, 0.3) is 0 Å². The molecule has 0 aromatic heterocycles. The van der Waals surface area contributed by atoms with Crippen molar-refractivity contribution >= 4 is 87.4 Å². The van der Waals surface area contributed by atoms with Gasteiger partial charge in [0.25, 0.3) is 47.3 Å². The van der Waals surface area contributed by atoms with Gasteiger partial charge in [-0.05, 0) is 161 Å². The molecular formula is C69H62N12O10. The summed E-state index contributed by atoms with van der Waals surface area (Å²) in [7, 11) is 0. The van der Waals surface area contributed by atoms with Crippen molar-refractivity contribution in [3.05, 3.63) is 284 Å². The number of carbonyl (C=O) groups excluding carboxylic acids is 8. The van der Waals surface area contributed by atoms with Crippen molar-refractivity contribution in [2.24, 2.45) is 22.9 Å². The highest BCUT2D eigenvalue weighted by molar-refractivity contribution is 6.11. The van der Waals surface area contributed by atoms with E-state index in [1.807, 2.05) is 0 Å². The predicted molar refractivity (Wildman–Crippen MR) is 347 cm³/mol. The zero-order valence-corrected chi connectivity index (χ0v) is 48.7. The first-order valence-corrected chi connectivity index (χ1v) is 28.4. The predicted octanol–water partition coefficient (Wildman–Crippen LogP) is 8.59. The Bertz CT molecular complexity index is 3800. The van der Waals surface area contributed by atoms with Gasteiger partial charge in [0.2, 0.25) is 0 Å².